The van der Waals surface area contributed by atoms with Crippen molar-refractivity contribution in [1.82, 2.24) is 5.43 Å². The Bertz CT molecular complexity index is 552. The van der Waals surface area contributed by atoms with Gasteiger partial charge in [-0.1, -0.05) is 18.2 Å². The van der Waals surface area contributed by atoms with Gasteiger partial charge in [0.15, 0.2) is 0 Å². The lowest BCUT2D eigenvalue weighted by atomic mass is 9.99. The van der Waals surface area contributed by atoms with Crippen LogP contribution in [-0.4, -0.2) is 6.26 Å². The molecule has 0 radical (unpaired) electrons. The topological polar surface area (TPSA) is 38.0 Å². The molecule has 0 amide bonds. The number of hydrogen-bond donors (Lipinski definition) is 2. The molecule has 0 saturated heterocycles. The van der Waals surface area contributed by atoms with Gasteiger partial charge in [0.1, 0.15) is 11.6 Å². The number of nitrogens with one attached hydrogen (secondary N) is 1. The molecule has 1 unspecified atom stereocenters. The van der Waals surface area contributed by atoms with Crippen LogP contribution in [0.3, 0.4) is 0 Å². The van der Waals surface area contributed by atoms with E-state index in [1.54, 1.807) is 11.8 Å². The molecule has 0 aromatic heterocycles. The Balaban J connectivity index is 2.24. The van der Waals surface area contributed by atoms with E-state index in [0.717, 1.165) is 10.5 Å². The molecule has 0 heterocycles. The van der Waals surface area contributed by atoms with Gasteiger partial charge >= 0.3 is 0 Å². The molecule has 0 aliphatic heterocycles. The molecule has 3 N–H and O–H groups in total. The van der Waals surface area contributed by atoms with Crippen LogP contribution in [0, 0.1) is 11.6 Å². The van der Waals surface area contributed by atoms with Crippen molar-refractivity contribution in [3.05, 3.63) is 65.2 Å². The summed E-state index contributed by atoms with van der Waals surface area (Å²) in [6, 6.07) is 11.3. The van der Waals surface area contributed by atoms with Gasteiger partial charge in [0.2, 0.25) is 0 Å². The fraction of sp³-hybridized carbons (Fsp3) is 0.200. The number of thioether (sulfide) groups is 1. The zero-order valence-electron chi connectivity index (χ0n) is 11.1. The van der Waals surface area contributed by atoms with Crippen LogP contribution in [-0.2, 0) is 6.42 Å². The molecule has 0 saturated carbocycles. The van der Waals surface area contributed by atoms with Crippen molar-refractivity contribution in [1.29, 1.82) is 0 Å². The first-order valence-electron chi connectivity index (χ1n) is 6.18. The van der Waals surface area contributed by atoms with Gasteiger partial charge in [0, 0.05) is 10.5 Å². The molecule has 0 aliphatic carbocycles. The van der Waals surface area contributed by atoms with E-state index in [1.807, 2.05) is 30.5 Å². The first-order chi connectivity index (χ1) is 9.65. The molecule has 2 aromatic rings. The van der Waals surface area contributed by atoms with E-state index in [0.29, 0.717) is 0 Å². The van der Waals surface area contributed by atoms with E-state index in [9.17, 15) is 8.78 Å². The second-order valence-electron chi connectivity index (χ2n) is 4.40. The van der Waals surface area contributed by atoms with Crippen LogP contribution in [0.2, 0.25) is 0 Å². The molecular weight excluding hydrogens is 278 g/mol. The average molecular weight is 294 g/mol. The maximum absolute atomic E-state index is 13.7. The number of hydrogen-bond acceptors (Lipinski definition) is 3. The highest BCUT2D eigenvalue weighted by molar-refractivity contribution is 7.98. The van der Waals surface area contributed by atoms with E-state index in [2.05, 4.69) is 5.43 Å². The van der Waals surface area contributed by atoms with E-state index in [-0.39, 0.29) is 18.0 Å². The monoisotopic (exact) mass is 294 g/mol. The summed E-state index contributed by atoms with van der Waals surface area (Å²) in [6.45, 7) is 0. The molecule has 106 valence electrons. The second kappa shape index (κ2) is 6.83. The normalized spacial score (nSPS) is 12.4. The lowest BCUT2D eigenvalue weighted by molar-refractivity contribution is 0.500. The predicted octanol–water partition coefficient (Wildman–Crippen LogP) is 3.43. The van der Waals surface area contributed by atoms with Gasteiger partial charge in [-0.25, -0.2) is 8.78 Å². The Hall–Kier alpha value is -1.43. The lowest BCUT2D eigenvalue weighted by Crippen LogP contribution is -2.30. The first-order valence-corrected chi connectivity index (χ1v) is 7.41. The Labute approximate surface area is 121 Å². The molecule has 0 bridgehead atoms. The van der Waals surface area contributed by atoms with Crippen molar-refractivity contribution in [2.75, 3.05) is 6.26 Å². The zero-order valence-corrected chi connectivity index (χ0v) is 11.9. The second-order valence-corrected chi connectivity index (χ2v) is 5.28. The molecule has 2 aromatic carbocycles. The fourth-order valence-corrected chi connectivity index (χ4v) is 2.45. The molecule has 0 spiro atoms. The predicted molar refractivity (Wildman–Crippen MR) is 78.3 cm³/mol. The highest BCUT2D eigenvalue weighted by atomic mass is 32.2. The third-order valence-corrected chi connectivity index (χ3v) is 3.93. The summed E-state index contributed by atoms with van der Waals surface area (Å²) in [7, 11) is 0. The van der Waals surface area contributed by atoms with Crippen molar-refractivity contribution in [3.8, 4) is 0 Å². The van der Waals surface area contributed by atoms with Crippen molar-refractivity contribution in [2.45, 2.75) is 17.4 Å². The van der Waals surface area contributed by atoms with Gasteiger partial charge in [0.25, 0.3) is 0 Å². The maximum atomic E-state index is 13.7. The van der Waals surface area contributed by atoms with Crippen LogP contribution in [0.4, 0.5) is 8.78 Å². The van der Waals surface area contributed by atoms with Gasteiger partial charge < -0.3 is 0 Å². The molecule has 1 atom stereocenters. The van der Waals surface area contributed by atoms with Gasteiger partial charge in [0.05, 0.1) is 6.04 Å². The number of rotatable bonds is 5. The number of nitrogens with two attached hydrogens (primary N) is 1. The van der Waals surface area contributed by atoms with Crippen molar-refractivity contribution in [3.63, 3.8) is 0 Å². The molecule has 0 fully saturated rings. The van der Waals surface area contributed by atoms with Crippen molar-refractivity contribution < 1.29 is 8.78 Å². The smallest absolute Gasteiger partial charge is 0.129 e. The van der Waals surface area contributed by atoms with E-state index < -0.39 is 11.6 Å². The van der Waals surface area contributed by atoms with Crippen LogP contribution < -0.4 is 11.3 Å². The van der Waals surface area contributed by atoms with E-state index in [1.165, 1.54) is 18.2 Å². The van der Waals surface area contributed by atoms with Crippen LogP contribution in [0.15, 0.2) is 47.4 Å². The molecule has 20 heavy (non-hydrogen) atoms. The minimum Gasteiger partial charge on any atom is -0.271 e. The summed E-state index contributed by atoms with van der Waals surface area (Å²) in [5, 5.41) is 0. The van der Waals surface area contributed by atoms with Crippen LogP contribution in [0.25, 0.3) is 0 Å². The van der Waals surface area contributed by atoms with Gasteiger partial charge in [-0.2, -0.15) is 0 Å². The van der Waals surface area contributed by atoms with E-state index in [4.69, 9.17) is 5.84 Å². The standard InChI is InChI=1S/C15H16F2N2S/c1-20-11-7-5-10(6-8-11)15(19-18)9-12-13(16)3-2-4-14(12)17/h2-8,15,19H,9,18H2,1H3. The first kappa shape index (κ1) is 15.0. The highest BCUT2D eigenvalue weighted by Gasteiger charge is 2.16. The molecule has 5 heteroatoms. The summed E-state index contributed by atoms with van der Waals surface area (Å²) < 4.78 is 27.3. The average Bonchev–Trinajstić information content (AvgIpc) is 2.47. The quantitative estimate of drug-likeness (QED) is 0.504. The van der Waals surface area contributed by atoms with Crippen molar-refractivity contribution in [2.24, 2.45) is 5.84 Å². The highest BCUT2D eigenvalue weighted by Crippen LogP contribution is 2.23. The minimum atomic E-state index is -0.550. The van der Waals surface area contributed by atoms with Crippen LogP contribution >= 0.6 is 11.8 Å². The summed E-state index contributed by atoms with van der Waals surface area (Å²) in [6.07, 6.45) is 2.15. The minimum absolute atomic E-state index is 0.0457. The number of halogens is 2. The van der Waals surface area contributed by atoms with Crippen LogP contribution in [0.1, 0.15) is 17.2 Å². The molecular formula is C15H16F2N2S. The molecule has 0 aliphatic rings. The number of benzene rings is 2. The lowest BCUT2D eigenvalue weighted by Gasteiger charge is -2.17. The van der Waals surface area contributed by atoms with Crippen LogP contribution in [0.5, 0.6) is 0 Å². The summed E-state index contributed by atoms with van der Waals surface area (Å²) in [5.41, 5.74) is 3.56. The summed E-state index contributed by atoms with van der Waals surface area (Å²) in [4.78, 5) is 1.13. The summed E-state index contributed by atoms with van der Waals surface area (Å²) in [5.74, 6) is 4.42. The Morgan fingerprint density at radius 1 is 1.10 bits per heavy atom. The third kappa shape index (κ3) is 3.36. The molecule has 2 rings (SSSR count). The third-order valence-electron chi connectivity index (χ3n) is 3.19. The van der Waals surface area contributed by atoms with Gasteiger partial charge in [-0.3, -0.25) is 11.3 Å². The summed E-state index contributed by atoms with van der Waals surface area (Å²) >= 11 is 1.63. The fourth-order valence-electron chi connectivity index (χ4n) is 2.04. The maximum Gasteiger partial charge on any atom is 0.129 e. The Morgan fingerprint density at radius 3 is 2.20 bits per heavy atom. The van der Waals surface area contributed by atoms with Gasteiger partial charge in [-0.05, 0) is 42.5 Å². The Morgan fingerprint density at radius 2 is 1.70 bits per heavy atom. The Kier molecular flexibility index (Phi) is 5.11. The van der Waals surface area contributed by atoms with Crippen molar-refractivity contribution >= 4 is 11.8 Å². The van der Waals surface area contributed by atoms with E-state index >= 15 is 0 Å². The largest absolute Gasteiger partial charge is 0.271 e. The number of hydrazine groups is 1. The molecule has 2 nitrogen and oxygen atoms in total. The van der Waals surface area contributed by atoms with Gasteiger partial charge in [-0.15, -0.1) is 11.8 Å². The zero-order chi connectivity index (χ0) is 14.5. The SMILES string of the molecule is CSc1ccc(C(Cc2c(F)cccc2F)NN)cc1.